The zero-order valence-corrected chi connectivity index (χ0v) is 24.0. The summed E-state index contributed by atoms with van der Waals surface area (Å²) in [5.41, 5.74) is 9.78. The number of rotatable bonds is 10. The number of aliphatic hydroxyl groups excluding tert-OH is 1. The van der Waals surface area contributed by atoms with Crippen molar-refractivity contribution in [1.29, 1.82) is 0 Å². The molecule has 8 N–H and O–H groups in total. The third-order valence-corrected chi connectivity index (χ3v) is 4.67. The molecule has 228 valence electrons. The largest absolute Gasteiger partial charge is 0.480 e. The monoisotopic (exact) mass is 566 g/mol. The van der Waals surface area contributed by atoms with Crippen molar-refractivity contribution in [3.8, 4) is 0 Å². The summed E-state index contributed by atoms with van der Waals surface area (Å²) in [5.74, 6) is -0.974. The van der Waals surface area contributed by atoms with E-state index in [0.29, 0.717) is 19.4 Å². The number of cyclic esters (lactones) is 2. The molecule has 2 saturated heterocycles. The zero-order valence-electron chi connectivity index (χ0n) is 24.0. The predicted molar refractivity (Wildman–Crippen MR) is 146 cm³/mol. The second kappa shape index (κ2) is 18.5. The summed E-state index contributed by atoms with van der Waals surface area (Å²) in [7, 11) is 0. The van der Waals surface area contributed by atoms with E-state index in [4.69, 9.17) is 21.7 Å². The maximum Gasteiger partial charge on any atom is 0.407 e. The second-order valence-electron chi connectivity index (χ2n) is 10.9. The van der Waals surface area contributed by atoms with E-state index in [1.54, 1.807) is 6.92 Å². The number of hydrogen-bond acceptors (Lipinski definition) is 8. The Kier molecular flexibility index (Phi) is 18.2. The third kappa shape index (κ3) is 25.3. The molecule has 0 aliphatic carbocycles. The lowest BCUT2D eigenvalue weighted by Crippen LogP contribution is -2.32. The first-order valence-corrected chi connectivity index (χ1v) is 12.5. The third-order valence-electron chi connectivity index (χ3n) is 4.67. The first-order chi connectivity index (χ1) is 17.6. The summed E-state index contributed by atoms with van der Waals surface area (Å²) in [5, 5.41) is 21.8. The first-order valence-electron chi connectivity index (χ1n) is 12.5. The highest BCUT2D eigenvalue weighted by Gasteiger charge is 2.29. The van der Waals surface area contributed by atoms with E-state index in [1.165, 1.54) is 27.7 Å². The molecule has 2 heterocycles. The maximum absolute atomic E-state index is 13.0. The van der Waals surface area contributed by atoms with Crippen molar-refractivity contribution in [3.63, 3.8) is 0 Å². The van der Waals surface area contributed by atoms with Gasteiger partial charge in [0, 0.05) is 12.5 Å². The van der Waals surface area contributed by atoms with Crippen molar-refractivity contribution in [3.05, 3.63) is 24.3 Å². The molecule has 0 radical (unpaired) electrons. The van der Waals surface area contributed by atoms with Gasteiger partial charge in [0.05, 0.1) is 18.7 Å². The Labute approximate surface area is 230 Å². The number of aliphatic hydroxyl groups is 1. The molecule has 13 heteroatoms. The molecule has 2 rings (SSSR count). The van der Waals surface area contributed by atoms with Crippen molar-refractivity contribution in [1.82, 2.24) is 10.6 Å². The number of nitrogens with two attached hydrogens (primary N) is 2. The zero-order chi connectivity index (χ0) is 31.0. The van der Waals surface area contributed by atoms with Crippen LogP contribution in [0.2, 0.25) is 0 Å². The van der Waals surface area contributed by atoms with Crippen LogP contribution in [0.15, 0.2) is 24.3 Å². The number of ether oxygens (including phenoxy) is 2. The molecule has 0 aromatic heterocycles. The van der Waals surface area contributed by atoms with Gasteiger partial charge >= 0.3 is 18.2 Å². The lowest BCUT2D eigenvalue weighted by Gasteiger charge is -2.17. The molecule has 0 aromatic carbocycles. The van der Waals surface area contributed by atoms with E-state index < -0.39 is 35.5 Å². The van der Waals surface area contributed by atoms with Crippen LogP contribution in [0, 0.1) is 0 Å². The average Bonchev–Trinajstić information content (AvgIpc) is 3.33. The molecule has 2 amide bonds. The highest BCUT2D eigenvalue weighted by Crippen LogP contribution is 2.18. The van der Waals surface area contributed by atoms with Crippen molar-refractivity contribution < 1.29 is 42.9 Å². The fraction of sp³-hybridized carbons (Fsp3) is 0.731. The van der Waals surface area contributed by atoms with Gasteiger partial charge in [-0.3, -0.25) is 4.79 Å². The van der Waals surface area contributed by atoms with Crippen LogP contribution in [-0.4, -0.2) is 83.7 Å². The van der Waals surface area contributed by atoms with Crippen LogP contribution in [0.1, 0.15) is 67.2 Å². The molecule has 2 fully saturated rings. The Morgan fingerprint density at radius 2 is 1.46 bits per heavy atom. The SMILES string of the molecule is C=C(C)C[C@H](N)C(=O)O.C=C(C)C[C@H]1COC(=O)N1.CC(C)(F)C[C@H](N)CO.CC(C)(F)C[C@H]1COC(=O)N1. The summed E-state index contributed by atoms with van der Waals surface area (Å²) in [6.45, 7) is 17.4. The quantitative estimate of drug-likeness (QED) is 0.216. The van der Waals surface area contributed by atoms with Crippen LogP contribution in [-0.2, 0) is 14.3 Å². The van der Waals surface area contributed by atoms with Gasteiger partial charge in [-0.1, -0.05) is 11.1 Å². The second-order valence-corrected chi connectivity index (χ2v) is 10.9. The number of carbonyl (C=O) groups excluding carboxylic acids is 2. The fourth-order valence-corrected chi connectivity index (χ4v) is 3.23. The molecular formula is C26H48F2N4O7. The molecule has 0 aromatic rings. The van der Waals surface area contributed by atoms with Crippen LogP contribution in [0.5, 0.6) is 0 Å². The summed E-state index contributed by atoms with van der Waals surface area (Å²) < 4.78 is 34.9. The van der Waals surface area contributed by atoms with Crippen LogP contribution in [0.25, 0.3) is 0 Å². The number of aliphatic carboxylic acids is 1. The van der Waals surface area contributed by atoms with Gasteiger partial charge in [-0.25, -0.2) is 18.4 Å². The number of carbonyl (C=O) groups is 3. The molecule has 4 atom stereocenters. The molecule has 0 spiro atoms. The van der Waals surface area contributed by atoms with Gasteiger partial charge in [-0.15, -0.1) is 13.2 Å². The van der Waals surface area contributed by atoms with E-state index in [1.807, 2.05) is 6.92 Å². The highest BCUT2D eigenvalue weighted by molar-refractivity contribution is 5.73. The van der Waals surface area contributed by atoms with Crippen molar-refractivity contribution in [2.75, 3.05) is 19.8 Å². The van der Waals surface area contributed by atoms with Crippen molar-refractivity contribution >= 4 is 18.2 Å². The lowest BCUT2D eigenvalue weighted by molar-refractivity contribution is -0.138. The smallest absolute Gasteiger partial charge is 0.407 e. The van der Waals surface area contributed by atoms with E-state index in [0.717, 1.165) is 17.6 Å². The molecule has 0 bridgehead atoms. The Bertz CT molecular complexity index is 798. The van der Waals surface area contributed by atoms with E-state index in [9.17, 15) is 23.2 Å². The number of carboxylic acid groups (broad SMARTS) is 1. The van der Waals surface area contributed by atoms with Crippen LogP contribution in [0.4, 0.5) is 18.4 Å². The van der Waals surface area contributed by atoms with Gasteiger partial charge in [-0.05, 0) is 60.8 Å². The highest BCUT2D eigenvalue weighted by atomic mass is 19.1. The summed E-state index contributed by atoms with van der Waals surface area (Å²) in [6, 6.07) is -1.24. The predicted octanol–water partition coefficient (Wildman–Crippen LogP) is 3.10. The molecule has 11 nitrogen and oxygen atoms in total. The van der Waals surface area contributed by atoms with E-state index >= 15 is 0 Å². The maximum atomic E-state index is 13.0. The van der Waals surface area contributed by atoms with Gasteiger partial charge in [0.2, 0.25) is 0 Å². The first kappa shape index (κ1) is 38.4. The summed E-state index contributed by atoms with van der Waals surface area (Å²) in [6.07, 6.45) is 0.925. The minimum atomic E-state index is -1.26. The standard InChI is InChI=1S/C7H12FNO2.C7H11NO2.C6H14FNO.C6H11NO2/c1-7(2,8)3-5-4-11-6(10)9-5;1-5(2)3-6-4-10-7(9)8-6;1-6(2,7)3-5(8)4-9;1-4(2)3-5(7)6(8)9/h5H,3-4H2,1-2H3,(H,9,10);6H,1,3-4H2,2H3,(H,8,9);5,9H,3-4,8H2,1-2H3;5H,1,3,7H2,2H3,(H,8,9)/t5-;6-;2*5-/m0000/s1. The van der Waals surface area contributed by atoms with E-state index in [-0.39, 0.29) is 37.8 Å². The number of halogens is 2. The average molecular weight is 567 g/mol. The Morgan fingerprint density at radius 3 is 1.69 bits per heavy atom. The number of amides is 2. The number of carboxylic acids is 1. The van der Waals surface area contributed by atoms with E-state index in [2.05, 4.69) is 33.3 Å². The Hall–Kier alpha value is -2.77. The van der Waals surface area contributed by atoms with Crippen molar-refractivity contribution in [2.24, 2.45) is 11.5 Å². The summed E-state index contributed by atoms with van der Waals surface area (Å²) in [4.78, 5) is 31.0. The molecule has 39 heavy (non-hydrogen) atoms. The van der Waals surface area contributed by atoms with Gasteiger partial charge in [0.1, 0.15) is 30.6 Å². The van der Waals surface area contributed by atoms with Gasteiger partial charge < -0.3 is 41.8 Å². The Morgan fingerprint density at radius 1 is 1.00 bits per heavy atom. The summed E-state index contributed by atoms with van der Waals surface area (Å²) >= 11 is 0. The number of alkyl carbamates (subject to hydrolysis) is 2. The molecular weight excluding hydrogens is 518 g/mol. The van der Waals surface area contributed by atoms with Crippen LogP contribution >= 0.6 is 0 Å². The molecule has 2 aliphatic heterocycles. The number of hydrogen-bond donors (Lipinski definition) is 6. The number of alkyl halides is 2. The van der Waals surface area contributed by atoms with Crippen LogP contribution < -0.4 is 22.1 Å². The minimum absolute atomic E-state index is 0.144. The molecule has 0 unspecified atom stereocenters. The topological polar surface area (TPSA) is 186 Å². The number of nitrogens with one attached hydrogen (secondary N) is 2. The fourth-order valence-electron chi connectivity index (χ4n) is 3.23. The van der Waals surface area contributed by atoms with Gasteiger partial charge in [-0.2, -0.15) is 0 Å². The normalized spacial score (nSPS) is 19.6. The van der Waals surface area contributed by atoms with Crippen molar-refractivity contribution in [2.45, 2.75) is 103 Å². The lowest BCUT2D eigenvalue weighted by atomic mass is 10.0. The molecule has 0 saturated carbocycles. The van der Waals surface area contributed by atoms with Gasteiger partial charge in [0.25, 0.3) is 0 Å². The molecule has 2 aliphatic rings. The minimum Gasteiger partial charge on any atom is -0.480 e. The van der Waals surface area contributed by atoms with Gasteiger partial charge in [0.15, 0.2) is 0 Å². The Balaban J connectivity index is 0. The van der Waals surface area contributed by atoms with Crippen LogP contribution in [0.3, 0.4) is 0 Å².